The standard InChI is InChI=1S/C19H19N3O3/c1-13(23)22-16-3-2-4-17(12-16)25-10-9-21-19(24)15-6-5-14-7-8-20-18(14)11-15/h2-8,11-12,20H,9-10H2,1H3,(H,21,24)(H,22,23). The number of rotatable bonds is 6. The Kier molecular flexibility index (Phi) is 4.99. The number of benzene rings is 2. The van der Waals surface area contributed by atoms with E-state index in [1.807, 2.05) is 24.4 Å². The van der Waals surface area contributed by atoms with E-state index in [0.29, 0.717) is 30.2 Å². The zero-order valence-corrected chi connectivity index (χ0v) is 13.8. The lowest BCUT2D eigenvalue weighted by Crippen LogP contribution is -2.28. The average Bonchev–Trinajstić information content (AvgIpc) is 3.06. The van der Waals surface area contributed by atoms with Crippen LogP contribution < -0.4 is 15.4 Å². The van der Waals surface area contributed by atoms with Crippen molar-refractivity contribution in [2.75, 3.05) is 18.5 Å². The SMILES string of the molecule is CC(=O)Nc1cccc(OCCNC(=O)c2ccc3cc[nH]c3c2)c1. The van der Waals surface area contributed by atoms with Crippen LogP contribution in [-0.2, 0) is 4.79 Å². The van der Waals surface area contributed by atoms with Gasteiger partial charge in [0.15, 0.2) is 0 Å². The van der Waals surface area contributed by atoms with E-state index < -0.39 is 0 Å². The lowest BCUT2D eigenvalue weighted by atomic mass is 10.1. The minimum atomic E-state index is -0.146. The fourth-order valence-corrected chi connectivity index (χ4v) is 2.49. The summed E-state index contributed by atoms with van der Waals surface area (Å²) in [6, 6.07) is 14.6. The molecule has 2 aromatic carbocycles. The Bertz CT molecular complexity index is 902. The summed E-state index contributed by atoms with van der Waals surface area (Å²) in [7, 11) is 0. The maximum absolute atomic E-state index is 12.2. The topological polar surface area (TPSA) is 83.2 Å². The summed E-state index contributed by atoms with van der Waals surface area (Å²) in [5.74, 6) is 0.351. The zero-order chi connectivity index (χ0) is 17.6. The minimum absolute atomic E-state index is 0.136. The molecule has 1 heterocycles. The molecular formula is C19H19N3O3. The second-order valence-corrected chi connectivity index (χ2v) is 5.59. The zero-order valence-electron chi connectivity index (χ0n) is 13.8. The lowest BCUT2D eigenvalue weighted by molar-refractivity contribution is -0.114. The number of carbonyl (C=O) groups excluding carboxylic acids is 2. The molecule has 3 rings (SSSR count). The molecule has 128 valence electrons. The predicted molar refractivity (Wildman–Crippen MR) is 96.9 cm³/mol. The summed E-state index contributed by atoms with van der Waals surface area (Å²) in [6.45, 7) is 2.17. The van der Waals surface area contributed by atoms with E-state index in [2.05, 4.69) is 15.6 Å². The first-order valence-corrected chi connectivity index (χ1v) is 7.97. The van der Waals surface area contributed by atoms with Gasteiger partial charge in [0.2, 0.25) is 5.91 Å². The Hall–Kier alpha value is -3.28. The number of ether oxygens (including phenoxy) is 1. The quantitative estimate of drug-likeness (QED) is 0.605. The molecular weight excluding hydrogens is 318 g/mol. The Morgan fingerprint density at radius 2 is 2.00 bits per heavy atom. The normalized spacial score (nSPS) is 10.4. The van der Waals surface area contributed by atoms with Gasteiger partial charge in [0, 0.05) is 36.0 Å². The summed E-state index contributed by atoms with van der Waals surface area (Å²) in [6.07, 6.45) is 1.84. The third-order valence-corrected chi connectivity index (χ3v) is 3.63. The van der Waals surface area contributed by atoms with Crippen molar-refractivity contribution in [1.29, 1.82) is 0 Å². The Balaban J connectivity index is 1.49. The highest BCUT2D eigenvalue weighted by Crippen LogP contribution is 2.17. The molecule has 2 amide bonds. The van der Waals surface area contributed by atoms with Gasteiger partial charge >= 0.3 is 0 Å². The number of anilines is 1. The second kappa shape index (κ2) is 7.53. The number of carbonyl (C=O) groups is 2. The van der Waals surface area contributed by atoms with E-state index in [1.54, 1.807) is 30.3 Å². The fraction of sp³-hybridized carbons (Fsp3) is 0.158. The molecule has 0 fully saturated rings. The number of aromatic nitrogens is 1. The number of nitrogens with one attached hydrogen (secondary N) is 3. The number of hydrogen-bond acceptors (Lipinski definition) is 3. The summed E-state index contributed by atoms with van der Waals surface area (Å²) in [4.78, 5) is 26.3. The molecule has 1 aromatic heterocycles. The first-order chi connectivity index (χ1) is 12.1. The van der Waals surface area contributed by atoms with Crippen molar-refractivity contribution in [2.45, 2.75) is 6.92 Å². The van der Waals surface area contributed by atoms with Crippen LogP contribution in [0.4, 0.5) is 5.69 Å². The van der Waals surface area contributed by atoms with Gasteiger partial charge in [-0.2, -0.15) is 0 Å². The van der Waals surface area contributed by atoms with Crippen LogP contribution in [-0.4, -0.2) is 29.9 Å². The van der Waals surface area contributed by atoms with Gasteiger partial charge < -0.3 is 20.4 Å². The molecule has 0 bridgehead atoms. The summed E-state index contributed by atoms with van der Waals surface area (Å²) >= 11 is 0. The van der Waals surface area contributed by atoms with Gasteiger partial charge in [-0.05, 0) is 35.7 Å². The second-order valence-electron chi connectivity index (χ2n) is 5.59. The van der Waals surface area contributed by atoms with E-state index in [9.17, 15) is 9.59 Å². The largest absolute Gasteiger partial charge is 0.492 e. The van der Waals surface area contributed by atoms with Crippen molar-refractivity contribution in [2.24, 2.45) is 0 Å². The van der Waals surface area contributed by atoms with Crippen molar-refractivity contribution in [1.82, 2.24) is 10.3 Å². The van der Waals surface area contributed by atoms with Crippen LogP contribution in [0.2, 0.25) is 0 Å². The highest BCUT2D eigenvalue weighted by Gasteiger charge is 2.06. The van der Waals surface area contributed by atoms with Crippen LogP contribution >= 0.6 is 0 Å². The fourth-order valence-electron chi connectivity index (χ4n) is 2.49. The third kappa shape index (κ3) is 4.38. The van der Waals surface area contributed by atoms with Crippen molar-refractivity contribution < 1.29 is 14.3 Å². The van der Waals surface area contributed by atoms with E-state index >= 15 is 0 Å². The molecule has 3 N–H and O–H groups in total. The molecule has 0 aliphatic carbocycles. The molecule has 6 nitrogen and oxygen atoms in total. The molecule has 25 heavy (non-hydrogen) atoms. The van der Waals surface area contributed by atoms with Gasteiger partial charge in [-0.15, -0.1) is 0 Å². The first kappa shape index (κ1) is 16.6. The molecule has 0 radical (unpaired) electrons. The van der Waals surface area contributed by atoms with Crippen molar-refractivity contribution in [3.05, 3.63) is 60.3 Å². The number of fused-ring (bicyclic) bond motifs is 1. The van der Waals surface area contributed by atoms with Gasteiger partial charge in [-0.25, -0.2) is 0 Å². The van der Waals surface area contributed by atoms with Crippen molar-refractivity contribution >= 4 is 28.4 Å². The molecule has 3 aromatic rings. The maximum atomic E-state index is 12.2. The van der Waals surface area contributed by atoms with Gasteiger partial charge in [-0.3, -0.25) is 9.59 Å². The monoisotopic (exact) mass is 337 g/mol. The van der Waals surface area contributed by atoms with Crippen molar-refractivity contribution in [3.8, 4) is 5.75 Å². The van der Waals surface area contributed by atoms with Crippen LogP contribution in [0.25, 0.3) is 10.9 Å². The number of aromatic amines is 1. The smallest absolute Gasteiger partial charge is 0.251 e. The highest BCUT2D eigenvalue weighted by atomic mass is 16.5. The third-order valence-electron chi connectivity index (χ3n) is 3.63. The number of amides is 2. The molecule has 6 heteroatoms. The summed E-state index contributed by atoms with van der Waals surface area (Å²) in [5.41, 5.74) is 2.20. The van der Waals surface area contributed by atoms with Crippen LogP contribution in [0.1, 0.15) is 17.3 Å². The van der Waals surface area contributed by atoms with E-state index in [-0.39, 0.29) is 11.8 Å². The van der Waals surface area contributed by atoms with Crippen LogP contribution in [0, 0.1) is 0 Å². The molecule has 0 aliphatic heterocycles. The van der Waals surface area contributed by atoms with E-state index in [1.165, 1.54) is 6.92 Å². The predicted octanol–water partition coefficient (Wildman–Crippen LogP) is 2.94. The molecule has 0 atom stereocenters. The van der Waals surface area contributed by atoms with Gasteiger partial charge in [0.05, 0.1) is 6.54 Å². The minimum Gasteiger partial charge on any atom is -0.492 e. The Morgan fingerprint density at radius 1 is 1.12 bits per heavy atom. The van der Waals surface area contributed by atoms with Gasteiger partial charge in [-0.1, -0.05) is 12.1 Å². The number of hydrogen-bond donors (Lipinski definition) is 3. The molecule has 0 saturated carbocycles. The molecule has 0 unspecified atom stereocenters. The summed E-state index contributed by atoms with van der Waals surface area (Å²) in [5, 5.41) is 6.59. The van der Waals surface area contributed by atoms with Crippen molar-refractivity contribution in [3.63, 3.8) is 0 Å². The molecule has 0 aliphatic rings. The van der Waals surface area contributed by atoms with E-state index in [4.69, 9.17) is 4.74 Å². The van der Waals surface area contributed by atoms with Gasteiger partial charge in [0.25, 0.3) is 5.91 Å². The Labute approximate surface area is 145 Å². The van der Waals surface area contributed by atoms with E-state index in [0.717, 1.165) is 10.9 Å². The van der Waals surface area contributed by atoms with Gasteiger partial charge in [0.1, 0.15) is 12.4 Å². The van der Waals surface area contributed by atoms with Crippen LogP contribution in [0.3, 0.4) is 0 Å². The summed E-state index contributed by atoms with van der Waals surface area (Å²) < 4.78 is 5.60. The molecule has 0 saturated heterocycles. The number of H-pyrrole nitrogens is 1. The first-order valence-electron chi connectivity index (χ1n) is 7.97. The van der Waals surface area contributed by atoms with Crippen LogP contribution in [0.15, 0.2) is 54.7 Å². The average molecular weight is 337 g/mol. The maximum Gasteiger partial charge on any atom is 0.251 e. The highest BCUT2D eigenvalue weighted by molar-refractivity contribution is 5.97. The van der Waals surface area contributed by atoms with Crippen LogP contribution in [0.5, 0.6) is 5.75 Å². The Morgan fingerprint density at radius 3 is 2.84 bits per heavy atom. The molecule has 0 spiro atoms. The lowest BCUT2D eigenvalue weighted by Gasteiger charge is -2.09.